The van der Waals surface area contributed by atoms with Gasteiger partial charge in [-0.1, -0.05) is 26.7 Å². The standard InChI is InChI=1S/C15H28N2O/c1-12-7-9-17(10-8-12)15(18)16(3)14-6-4-5-13(2)11-14/h12-14H,4-11H2,1-3H3. The molecule has 1 aliphatic carbocycles. The molecule has 3 heteroatoms. The molecular formula is C15H28N2O. The first-order chi connectivity index (χ1) is 8.58. The van der Waals surface area contributed by atoms with E-state index in [2.05, 4.69) is 18.7 Å². The van der Waals surface area contributed by atoms with Crippen LogP contribution in [0.4, 0.5) is 4.79 Å². The summed E-state index contributed by atoms with van der Waals surface area (Å²) in [5, 5.41) is 0. The largest absolute Gasteiger partial charge is 0.325 e. The molecule has 1 saturated carbocycles. The van der Waals surface area contributed by atoms with E-state index in [1.807, 2.05) is 11.9 Å². The van der Waals surface area contributed by atoms with Gasteiger partial charge in [0.05, 0.1) is 0 Å². The molecule has 0 N–H and O–H groups in total. The summed E-state index contributed by atoms with van der Waals surface area (Å²) >= 11 is 0. The van der Waals surface area contributed by atoms with Gasteiger partial charge in [0.2, 0.25) is 0 Å². The number of likely N-dealkylation sites (tertiary alicyclic amines) is 1. The van der Waals surface area contributed by atoms with Gasteiger partial charge in [0.15, 0.2) is 0 Å². The number of amides is 2. The monoisotopic (exact) mass is 252 g/mol. The first-order valence-electron chi connectivity index (χ1n) is 7.59. The number of nitrogens with zero attached hydrogens (tertiary/aromatic N) is 2. The highest BCUT2D eigenvalue weighted by Gasteiger charge is 2.29. The molecule has 104 valence electrons. The predicted octanol–water partition coefficient (Wildman–Crippen LogP) is 3.35. The Morgan fingerprint density at radius 1 is 1.06 bits per heavy atom. The summed E-state index contributed by atoms with van der Waals surface area (Å²) in [7, 11) is 2.00. The molecule has 0 aromatic carbocycles. The zero-order valence-electron chi connectivity index (χ0n) is 12.2. The Kier molecular flexibility index (Phi) is 4.52. The van der Waals surface area contributed by atoms with Crippen molar-refractivity contribution in [3.63, 3.8) is 0 Å². The molecule has 0 aromatic rings. The van der Waals surface area contributed by atoms with Crippen LogP contribution in [0.1, 0.15) is 52.4 Å². The normalized spacial score (nSPS) is 30.3. The first-order valence-corrected chi connectivity index (χ1v) is 7.59. The molecule has 1 saturated heterocycles. The molecule has 18 heavy (non-hydrogen) atoms. The molecule has 2 fully saturated rings. The van der Waals surface area contributed by atoms with E-state index in [1.165, 1.54) is 38.5 Å². The summed E-state index contributed by atoms with van der Waals surface area (Å²) in [6, 6.07) is 0.738. The number of carbonyl (C=O) groups is 1. The fourth-order valence-corrected chi connectivity index (χ4v) is 3.33. The minimum atomic E-state index is 0.265. The molecule has 2 unspecified atom stereocenters. The first kappa shape index (κ1) is 13.7. The third-order valence-corrected chi connectivity index (χ3v) is 4.81. The molecule has 0 spiro atoms. The van der Waals surface area contributed by atoms with Gasteiger partial charge in [0.1, 0.15) is 0 Å². The van der Waals surface area contributed by atoms with Crippen molar-refractivity contribution in [2.24, 2.45) is 11.8 Å². The van der Waals surface area contributed by atoms with Crippen LogP contribution in [0.25, 0.3) is 0 Å². The highest BCUT2D eigenvalue weighted by Crippen LogP contribution is 2.27. The van der Waals surface area contributed by atoms with E-state index < -0.39 is 0 Å². The van der Waals surface area contributed by atoms with E-state index in [1.54, 1.807) is 0 Å². The van der Waals surface area contributed by atoms with Crippen molar-refractivity contribution in [1.82, 2.24) is 9.80 Å². The lowest BCUT2D eigenvalue weighted by Gasteiger charge is -2.39. The lowest BCUT2D eigenvalue weighted by Crippen LogP contribution is -2.49. The SMILES string of the molecule is CC1CCN(C(=O)N(C)C2CCCC(C)C2)CC1. The smallest absolute Gasteiger partial charge is 0.319 e. The minimum Gasteiger partial charge on any atom is -0.325 e. The lowest BCUT2D eigenvalue weighted by molar-refractivity contribution is 0.113. The third kappa shape index (κ3) is 3.18. The average molecular weight is 252 g/mol. The maximum absolute atomic E-state index is 12.5. The quantitative estimate of drug-likeness (QED) is 0.702. The number of piperidine rings is 1. The molecule has 0 radical (unpaired) electrons. The van der Waals surface area contributed by atoms with Crippen LogP contribution in [0.15, 0.2) is 0 Å². The Morgan fingerprint density at radius 2 is 1.72 bits per heavy atom. The molecule has 3 nitrogen and oxygen atoms in total. The number of hydrogen-bond acceptors (Lipinski definition) is 1. The van der Waals surface area contributed by atoms with Crippen molar-refractivity contribution in [1.29, 1.82) is 0 Å². The maximum Gasteiger partial charge on any atom is 0.319 e. The van der Waals surface area contributed by atoms with Crippen LogP contribution in [-0.2, 0) is 0 Å². The second-order valence-electron chi connectivity index (χ2n) is 6.49. The Bertz CT molecular complexity index is 284. The molecular weight excluding hydrogens is 224 g/mol. The van der Waals surface area contributed by atoms with Crippen LogP contribution in [-0.4, -0.2) is 42.0 Å². The van der Waals surface area contributed by atoms with Gasteiger partial charge < -0.3 is 9.80 Å². The van der Waals surface area contributed by atoms with Gasteiger partial charge in [-0.25, -0.2) is 4.79 Å². The van der Waals surface area contributed by atoms with Gasteiger partial charge in [-0.15, -0.1) is 0 Å². The van der Waals surface area contributed by atoms with Crippen LogP contribution in [0, 0.1) is 11.8 Å². The molecule has 0 bridgehead atoms. The summed E-state index contributed by atoms with van der Waals surface area (Å²) in [5.74, 6) is 1.56. The van der Waals surface area contributed by atoms with Gasteiger partial charge in [-0.3, -0.25) is 0 Å². The lowest BCUT2D eigenvalue weighted by atomic mass is 9.86. The summed E-state index contributed by atoms with van der Waals surface area (Å²) in [4.78, 5) is 16.5. The molecule has 2 atom stereocenters. The predicted molar refractivity (Wildman–Crippen MR) is 74.6 cm³/mol. The second kappa shape index (κ2) is 5.94. The van der Waals surface area contributed by atoms with Gasteiger partial charge in [0, 0.05) is 26.2 Å². The molecule has 2 aliphatic rings. The van der Waals surface area contributed by atoms with E-state index >= 15 is 0 Å². The van der Waals surface area contributed by atoms with Crippen molar-refractivity contribution in [3.05, 3.63) is 0 Å². The molecule has 0 aromatic heterocycles. The number of carbonyl (C=O) groups excluding carboxylic acids is 1. The van der Waals surface area contributed by atoms with Crippen LogP contribution < -0.4 is 0 Å². The zero-order chi connectivity index (χ0) is 13.1. The minimum absolute atomic E-state index is 0.265. The van der Waals surface area contributed by atoms with Crippen molar-refractivity contribution < 1.29 is 4.79 Å². The van der Waals surface area contributed by atoms with Crippen LogP contribution in [0.2, 0.25) is 0 Å². The third-order valence-electron chi connectivity index (χ3n) is 4.81. The Hall–Kier alpha value is -0.730. The van der Waals surface area contributed by atoms with Crippen molar-refractivity contribution >= 4 is 6.03 Å². The van der Waals surface area contributed by atoms with Gasteiger partial charge >= 0.3 is 6.03 Å². The van der Waals surface area contributed by atoms with Crippen molar-refractivity contribution in [2.75, 3.05) is 20.1 Å². The second-order valence-corrected chi connectivity index (χ2v) is 6.49. The van der Waals surface area contributed by atoms with Crippen molar-refractivity contribution in [3.8, 4) is 0 Å². The number of rotatable bonds is 1. The number of hydrogen-bond donors (Lipinski definition) is 0. The zero-order valence-corrected chi connectivity index (χ0v) is 12.2. The summed E-state index contributed by atoms with van der Waals surface area (Å²) < 4.78 is 0. The average Bonchev–Trinajstić information content (AvgIpc) is 2.38. The summed E-state index contributed by atoms with van der Waals surface area (Å²) in [5.41, 5.74) is 0. The van der Waals surface area contributed by atoms with Crippen LogP contribution in [0.5, 0.6) is 0 Å². The molecule has 2 rings (SSSR count). The number of urea groups is 1. The highest BCUT2D eigenvalue weighted by molar-refractivity contribution is 5.74. The van der Waals surface area contributed by atoms with E-state index in [0.717, 1.165) is 24.9 Å². The van der Waals surface area contributed by atoms with Gasteiger partial charge in [-0.05, 0) is 37.5 Å². The van der Waals surface area contributed by atoms with Gasteiger partial charge in [0.25, 0.3) is 0 Å². The van der Waals surface area contributed by atoms with E-state index in [-0.39, 0.29) is 6.03 Å². The highest BCUT2D eigenvalue weighted by atomic mass is 16.2. The van der Waals surface area contributed by atoms with Crippen molar-refractivity contribution in [2.45, 2.75) is 58.4 Å². The maximum atomic E-state index is 12.5. The molecule has 1 aliphatic heterocycles. The Labute approximate surface area is 112 Å². The fraction of sp³-hybridized carbons (Fsp3) is 0.933. The van der Waals surface area contributed by atoms with E-state index in [0.29, 0.717) is 6.04 Å². The van der Waals surface area contributed by atoms with Gasteiger partial charge in [-0.2, -0.15) is 0 Å². The Balaban J connectivity index is 1.87. The molecule has 1 heterocycles. The van der Waals surface area contributed by atoms with E-state index in [9.17, 15) is 4.79 Å². The summed E-state index contributed by atoms with van der Waals surface area (Å²) in [6.07, 6.45) is 7.32. The molecule has 2 amide bonds. The van der Waals surface area contributed by atoms with E-state index in [4.69, 9.17) is 0 Å². The Morgan fingerprint density at radius 3 is 2.33 bits per heavy atom. The fourth-order valence-electron chi connectivity index (χ4n) is 3.33. The topological polar surface area (TPSA) is 23.6 Å². The van der Waals surface area contributed by atoms with Crippen LogP contribution >= 0.6 is 0 Å². The van der Waals surface area contributed by atoms with Crippen LogP contribution in [0.3, 0.4) is 0 Å². The summed E-state index contributed by atoms with van der Waals surface area (Å²) in [6.45, 7) is 6.50.